The maximum absolute atomic E-state index is 13.8. The van der Waals surface area contributed by atoms with E-state index in [9.17, 15) is 14.4 Å². The van der Waals surface area contributed by atoms with Crippen molar-refractivity contribution in [3.8, 4) is 0 Å². The molecule has 8 heteroatoms. The van der Waals surface area contributed by atoms with Gasteiger partial charge in [0.05, 0.1) is 31.5 Å². The van der Waals surface area contributed by atoms with Gasteiger partial charge in [-0.05, 0) is 42.6 Å². The van der Waals surface area contributed by atoms with Gasteiger partial charge in [-0.3, -0.25) is 14.4 Å². The van der Waals surface area contributed by atoms with Gasteiger partial charge in [-0.15, -0.1) is 0 Å². The molecule has 0 radical (unpaired) electrons. The van der Waals surface area contributed by atoms with Gasteiger partial charge in [-0.1, -0.05) is 13.8 Å². The van der Waals surface area contributed by atoms with Crippen molar-refractivity contribution in [3.05, 3.63) is 24.2 Å². The zero-order valence-corrected chi connectivity index (χ0v) is 18.4. The Bertz CT molecular complexity index is 848. The Morgan fingerprint density at radius 3 is 2.65 bits per heavy atom. The summed E-state index contributed by atoms with van der Waals surface area (Å²) < 4.78 is 26.8. The van der Waals surface area contributed by atoms with Crippen molar-refractivity contribution in [2.45, 2.75) is 51.7 Å². The van der Waals surface area contributed by atoms with Crippen molar-refractivity contribution in [2.24, 2.45) is 28.6 Å². The molecule has 2 saturated carbocycles. The summed E-state index contributed by atoms with van der Waals surface area (Å²) in [6.07, 6.45) is 3.65. The monoisotopic (exact) mass is 434 g/mol. The molecule has 8 nitrogen and oxygen atoms in total. The third kappa shape index (κ3) is 3.40. The maximum atomic E-state index is 13.8. The van der Waals surface area contributed by atoms with Crippen molar-refractivity contribution in [1.29, 1.82) is 0 Å². The smallest absolute Gasteiger partial charge is 0.310 e. The molecule has 3 fully saturated rings. The molecule has 1 aliphatic heterocycles. The zero-order chi connectivity index (χ0) is 22.4. The lowest BCUT2D eigenvalue weighted by Gasteiger charge is -2.61. The summed E-state index contributed by atoms with van der Waals surface area (Å²) in [5.41, 5.74) is -0.566. The summed E-state index contributed by atoms with van der Waals surface area (Å²) >= 11 is 0. The second-order valence-electron chi connectivity index (χ2n) is 9.50. The van der Waals surface area contributed by atoms with Crippen LogP contribution in [0.1, 0.15) is 51.2 Å². The standard InChI is InChI=1S/C23H30O8/c1-22-7-5-14-21(26)31-17(13-6-8-29-11-13)10-23(14,2)19(22)18(24)16(30-12-27-3)9-15(22)20(25)28-4/h6,8,11,14-17,19H,5,7,9-10,12H2,1-4H3/t14-,15-,16-,17-,19-,22-,23-/m0/s1. The first-order chi connectivity index (χ1) is 14.8. The van der Waals surface area contributed by atoms with Gasteiger partial charge in [0.15, 0.2) is 5.78 Å². The van der Waals surface area contributed by atoms with Crippen LogP contribution in [0, 0.1) is 28.6 Å². The number of carbonyl (C=O) groups excluding carboxylic acids is 3. The first-order valence-electron chi connectivity index (χ1n) is 10.7. The molecular weight excluding hydrogens is 404 g/mol. The summed E-state index contributed by atoms with van der Waals surface area (Å²) in [5, 5.41) is 0. The maximum Gasteiger partial charge on any atom is 0.310 e. The van der Waals surface area contributed by atoms with Crippen LogP contribution in [0.15, 0.2) is 23.0 Å². The van der Waals surface area contributed by atoms with Gasteiger partial charge in [-0.25, -0.2) is 0 Å². The van der Waals surface area contributed by atoms with Gasteiger partial charge in [0.1, 0.15) is 19.0 Å². The van der Waals surface area contributed by atoms with Crippen LogP contribution in [-0.4, -0.2) is 44.8 Å². The molecule has 1 aromatic rings. The molecule has 170 valence electrons. The third-order valence-electron chi connectivity index (χ3n) is 7.89. The average molecular weight is 434 g/mol. The number of fused-ring (bicyclic) bond motifs is 3. The highest BCUT2D eigenvalue weighted by molar-refractivity contribution is 5.92. The number of furan rings is 1. The number of hydrogen-bond acceptors (Lipinski definition) is 8. The van der Waals surface area contributed by atoms with Crippen molar-refractivity contribution in [2.75, 3.05) is 21.0 Å². The summed E-state index contributed by atoms with van der Waals surface area (Å²) in [5.74, 6) is -2.21. The largest absolute Gasteiger partial charge is 0.472 e. The minimum atomic E-state index is -0.789. The molecule has 0 spiro atoms. The second-order valence-corrected chi connectivity index (χ2v) is 9.50. The number of ketones is 1. The van der Waals surface area contributed by atoms with E-state index < -0.39 is 40.8 Å². The fourth-order valence-electron chi connectivity index (χ4n) is 6.46. The van der Waals surface area contributed by atoms with Crippen LogP contribution >= 0.6 is 0 Å². The number of rotatable bonds is 5. The Balaban J connectivity index is 1.77. The Morgan fingerprint density at radius 2 is 2.00 bits per heavy atom. The first-order valence-corrected chi connectivity index (χ1v) is 10.7. The molecule has 2 heterocycles. The number of ether oxygens (including phenoxy) is 4. The fourth-order valence-corrected chi connectivity index (χ4v) is 6.46. The predicted molar refractivity (Wildman–Crippen MR) is 106 cm³/mol. The molecule has 1 aromatic heterocycles. The van der Waals surface area contributed by atoms with E-state index in [1.165, 1.54) is 20.5 Å². The predicted octanol–water partition coefficient (Wildman–Crippen LogP) is 3.06. The minimum absolute atomic E-state index is 0.0481. The van der Waals surface area contributed by atoms with E-state index in [0.717, 1.165) is 5.56 Å². The SMILES string of the molecule is COCO[C@H]1C[C@@H](C(=O)OC)[C@]2(C)CC[C@H]3C(=O)O[C@H](c4ccoc4)C[C@]3(C)[C@H]2C1=O. The number of esters is 2. The van der Waals surface area contributed by atoms with E-state index in [-0.39, 0.29) is 30.9 Å². The number of carbonyl (C=O) groups is 3. The molecule has 0 amide bonds. The van der Waals surface area contributed by atoms with E-state index in [4.69, 9.17) is 23.4 Å². The van der Waals surface area contributed by atoms with E-state index in [0.29, 0.717) is 19.3 Å². The van der Waals surface area contributed by atoms with Crippen LogP contribution in [0.25, 0.3) is 0 Å². The Labute approximate surface area is 181 Å². The topological polar surface area (TPSA) is 101 Å². The summed E-state index contributed by atoms with van der Waals surface area (Å²) in [7, 11) is 2.85. The molecule has 0 aromatic carbocycles. The Kier molecular flexibility index (Phi) is 5.72. The van der Waals surface area contributed by atoms with Crippen LogP contribution in [-0.2, 0) is 33.3 Å². The van der Waals surface area contributed by atoms with E-state index in [1.54, 1.807) is 12.3 Å². The van der Waals surface area contributed by atoms with Crippen LogP contribution in [0.4, 0.5) is 0 Å². The quantitative estimate of drug-likeness (QED) is 0.515. The van der Waals surface area contributed by atoms with Crippen molar-refractivity contribution in [3.63, 3.8) is 0 Å². The van der Waals surface area contributed by atoms with Crippen LogP contribution in [0.3, 0.4) is 0 Å². The molecule has 0 unspecified atom stereocenters. The van der Waals surface area contributed by atoms with Gasteiger partial charge in [0.2, 0.25) is 0 Å². The third-order valence-corrected chi connectivity index (χ3v) is 7.89. The summed E-state index contributed by atoms with van der Waals surface area (Å²) in [6, 6.07) is 1.77. The van der Waals surface area contributed by atoms with E-state index in [1.807, 2.05) is 13.8 Å². The highest BCUT2D eigenvalue weighted by atomic mass is 16.7. The van der Waals surface area contributed by atoms with Crippen LogP contribution < -0.4 is 0 Å². The van der Waals surface area contributed by atoms with E-state index >= 15 is 0 Å². The van der Waals surface area contributed by atoms with Crippen LogP contribution in [0.2, 0.25) is 0 Å². The first kappa shape index (κ1) is 22.0. The zero-order valence-electron chi connectivity index (χ0n) is 18.4. The number of cyclic esters (lactones) is 1. The molecular formula is C23H30O8. The summed E-state index contributed by atoms with van der Waals surface area (Å²) in [6.45, 7) is 3.92. The molecule has 7 atom stereocenters. The second kappa shape index (κ2) is 8.06. The van der Waals surface area contributed by atoms with Gasteiger partial charge in [0, 0.05) is 18.6 Å². The lowest BCUT2D eigenvalue weighted by atomic mass is 9.43. The summed E-state index contributed by atoms with van der Waals surface area (Å²) in [4.78, 5) is 39.6. The van der Waals surface area contributed by atoms with Crippen molar-refractivity contribution < 1.29 is 37.7 Å². The molecule has 2 aliphatic carbocycles. The van der Waals surface area contributed by atoms with Gasteiger partial charge in [-0.2, -0.15) is 0 Å². The van der Waals surface area contributed by atoms with Crippen LogP contribution in [0.5, 0.6) is 0 Å². The molecule has 1 saturated heterocycles. The molecule has 4 rings (SSSR count). The Morgan fingerprint density at radius 1 is 1.23 bits per heavy atom. The number of hydrogen-bond donors (Lipinski definition) is 0. The van der Waals surface area contributed by atoms with Crippen molar-refractivity contribution in [1.82, 2.24) is 0 Å². The fraction of sp³-hybridized carbons (Fsp3) is 0.696. The van der Waals surface area contributed by atoms with Gasteiger partial charge < -0.3 is 23.4 Å². The molecule has 0 bridgehead atoms. The molecule has 0 N–H and O–H groups in total. The highest BCUT2D eigenvalue weighted by Gasteiger charge is 2.67. The molecule has 31 heavy (non-hydrogen) atoms. The minimum Gasteiger partial charge on any atom is -0.472 e. The number of methoxy groups -OCH3 is 2. The molecule has 3 aliphatic rings. The van der Waals surface area contributed by atoms with Gasteiger partial charge in [0.25, 0.3) is 0 Å². The lowest BCUT2D eigenvalue weighted by Crippen LogP contribution is -2.64. The number of Topliss-reactive ketones (excluding diaryl/α,β-unsaturated/α-hetero) is 1. The highest BCUT2D eigenvalue weighted by Crippen LogP contribution is 2.65. The normalized spacial score (nSPS) is 39.9. The Hall–Kier alpha value is -2.19. The van der Waals surface area contributed by atoms with E-state index in [2.05, 4.69) is 0 Å². The lowest BCUT2D eigenvalue weighted by molar-refractivity contribution is -0.213. The average Bonchev–Trinajstić information content (AvgIpc) is 3.26. The van der Waals surface area contributed by atoms with Gasteiger partial charge >= 0.3 is 11.9 Å². The van der Waals surface area contributed by atoms with Crippen molar-refractivity contribution >= 4 is 17.7 Å².